The Bertz CT molecular complexity index is 280. The highest BCUT2D eigenvalue weighted by Crippen LogP contribution is 2.22. The third-order valence-electron chi connectivity index (χ3n) is 2.29. The molecular weight excluding hydrogens is 249 g/mol. The van der Waals surface area contributed by atoms with Crippen LogP contribution in [-0.4, -0.2) is 42.5 Å². The zero-order valence-corrected chi connectivity index (χ0v) is 10.6. The minimum Gasteiger partial charge on any atom is -0.355 e. The standard InChI is InChI=1S/C11H19F3N2O2/c1-3-15-9(17)8-16(4-2)10(18)6-5-7-11(12,13)14/h3-8H2,1-2H3,(H,15,17). The maximum absolute atomic E-state index is 11.9. The van der Waals surface area contributed by atoms with E-state index in [-0.39, 0.29) is 25.3 Å². The summed E-state index contributed by atoms with van der Waals surface area (Å²) in [6.07, 6.45) is -5.64. The third kappa shape index (κ3) is 7.92. The molecule has 2 amide bonds. The van der Waals surface area contributed by atoms with Crippen LogP contribution in [0.25, 0.3) is 0 Å². The number of rotatable bonds is 7. The Labute approximate surface area is 105 Å². The second-order valence-corrected chi connectivity index (χ2v) is 3.83. The van der Waals surface area contributed by atoms with E-state index in [1.54, 1.807) is 13.8 Å². The van der Waals surface area contributed by atoms with Gasteiger partial charge in [0.15, 0.2) is 0 Å². The van der Waals surface area contributed by atoms with E-state index in [4.69, 9.17) is 0 Å². The number of alkyl halides is 3. The molecule has 0 atom stereocenters. The normalized spacial score (nSPS) is 11.2. The molecule has 18 heavy (non-hydrogen) atoms. The van der Waals surface area contributed by atoms with Crippen LogP contribution in [0.15, 0.2) is 0 Å². The number of amides is 2. The first-order valence-corrected chi connectivity index (χ1v) is 5.91. The topological polar surface area (TPSA) is 49.4 Å². The molecule has 0 spiro atoms. The second-order valence-electron chi connectivity index (χ2n) is 3.83. The first-order valence-electron chi connectivity index (χ1n) is 5.91. The van der Waals surface area contributed by atoms with Crippen molar-refractivity contribution >= 4 is 11.8 Å². The van der Waals surface area contributed by atoms with Gasteiger partial charge in [0.25, 0.3) is 0 Å². The fourth-order valence-corrected chi connectivity index (χ4v) is 1.40. The summed E-state index contributed by atoms with van der Waals surface area (Å²) >= 11 is 0. The van der Waals surface area contributed by atoms with Gasteiger partial charge in [-0.05, 0) is 20.3 Å². The highest BCUT2D eigenvalue weighted by atomic mass is 19.4. The Morgan fingerprint density at radius 3 is 2.28 bits per heavy atom. The molecule has 0 saturated heterocycles. The smallest absolute Gasteiger partial charge is 0.355 e. The summed E-state index contributed by atoms with van der Waals surface area (Å²) in [5.74, 6) is -0.725. The number of nitrogens with one attached hydrogen (secondary N) is 1. The van der Waals surface area contributed by atoms with Gasteiger partial charge in [0.1, 0.15) is 0 Å². The van der Waals surface area contributed by atoms with E-state index in [9.17, 15) is 22.8 Å². The Hall–Kier alpha value is -1.27. The average Bonchev–Trinajstić information content (AvgIpc) is 2.24. The lowest BCUT2D eigenvalue weighted by atomic mass is 10.2. The van der Waals surface area contributed by atoms with Gasteiger partial charge >= 0.3 is 6.18 Å². The van der Waals surface area contributed by atoms with E-state index >= 15 is 0 Å². The van der Waals surface area contributed by atoms with Crippen molar-refractivity contribution in [2.24, 2.45) is 0 Å². The summed E-state index contributed by atoms with van der Waals surface area (Å²) in [6, 6.07) is 0. The number of likely N-dealkylation sites (N-methyl/N-ethyl adjacent to an activating group) is 2. The van der Waals surface area contributed by atoms with Crippen molar-refractivity contribution in [3.63, 3.8) is 0 Å². The van der Waals surface area contributed by atoms with Crippen molar-refractivity contribution in [1.82, 2.24) is 10.2 Å². The molecule has 0 fully saturated rings. The molecule has 0 aromatic heterocycles. The van der Waals surface area contributed by atoms with Gasteiger partial charge in [-0.1, -0.05) is 0 Å². The van der Waals surface area contributed by atoms with Crippen LogP contribution in [0.5, 0.6) is 0 Å². The quantitative estimate of drug-likeness (QED) is 0.764. The molecule has 4 nitrogen and oxygen atoms in total. The molecule has 0 bridgehead atoms. The lowest BCUT2D eigenvalue weighted by Gasteiger charge is -2.20. The van der Waals surface area contributed by atoms with E-state index in [0.29, 0.717) is 13.1 Å². The van der Waals surface area contributed by atoms with E-state index in [1.165, 1.54) is 4.90 Å². The fourth-order valence-electron chi connectivity index (χ4n) is 1.40. The Morgan fingerprint density at radius 1 is 1.22 bits per heavy atom. The maximum atomic E-state index is 11.9. The van der Waals surface area contributed by atoms with E-state index in [2.05, 4.69) is 5.32 Å². The molecule has 0 heterocycles. The van der Waals surface area contributed by atoms with Crippen LogP contribution >= 0.6 is 0 Å². The molecule has 0 aliphatic carbocycles. The van der Waals surface area contributed by atoms with Crippen LogP contribution in [0.1, 0.15) is 33.1 Å². The van der Waals surface area contributed by atoms with Crippen molar-refractivity contribution in [2.45, 2.75) is 39.3 Å². The largest absolute Gasteiger partial charge is 0.389 e. The summed E-state index contributed by atoms with van der Waals surface area (Å²) in [4.78, 5) is 24.1. The zero-order chi connectivity index (χ0) is 14.2. The molecule has 0 saturated carbocycles. The monoisotopic (exact) mass is 268 g/mol. The van der Waals surface area contributed by atoms with Crippen molar-refractivity contribution < 1.29 is 22.8 Å². The van der Waals surface area contributed by atoms with Gasteiger partial charge < -0.3 is 10.2 Å². The molecule has 106 valence electrons. The third-order valence-corrected chi connectivity index (χ3v) is 2.29. The van der Waals surface area contributed by atoms with E-state index in [0.717, 1.165) is 0 Å². The number of carbonyl (C=O) groups excluding carboxylic acids is 2. The first-order chi connectivity index (χ1) is 8.30. The van der Waals surface area contributed by atoms with Crippen LogP contribution < -0.4 is 5.32 Å². The molecule has 0 aromatic carbocycles. The van der Waals surface area contributed by atoms with Crippen LogP contribution in [0, 0.1) is 0 Å². The van der Waals surface area contributed by atoms with Gasteiger partial charge in [-0.3, -0.25) is 9.59 Å². The summed E-state index contributed by atoms with van der Waals surface area (Å²) in [5, 5.41) is 2.53. The number of halogens is 3. The lowest BCUT2D eigenvalue weighted by Crippen LogP contribution is -2.40. The van der Waals surface area contributed by atoms with Crippen LogP contribution in [-0.2, 0) is 9.59 Å². The summed E-state index contributed by atoms with van der Waals surface area (Å²) < 4.78 is 35.7. The van der Waals surface area contributed by atoms with E-state index in [1.807, 2.05) is 0 Å². The predicted molar refractivity (Wildman–Crippen MR) is 60.8 cm³/mol. The van der Waals surface area contributed by atoms with Crippen LogP contribution in [0.2, 0.25) is 0 Å². The van der Waals surface area contributed by atoms with E-state index < -0.39 is 18.5 Å². The SMILES string of the molecule is CCNC(=O)CN(CC)C(=O)CCCC(F)(F)F. The molecule has 0 aliphatic heterocycles. The van der Waals surface area contributed by atoms with Crippen LogP contribution in [0.3, 0.4) is 0 Å². The number of carbonyl (C=O) groups is 2. The van der Waals surface area contributed by atoms with Gasteiger partial charge in [0.05, 0.1) is 6.54 Å². The molecule has 1 N–H and O–H groups in total. The van der Waals surface area contributed by atoms with Gasteiger partial charge in [-0.25, -0.2) is 0 Å². The second kappa shape index (κ2) is 7.94. The summed E-state index contributed by atoms with van der Waals surface area (Å²) in [7, 11) is 0. The molecule has 0 aliphatic rings. The lowest BCUT2D eigenvalue weighted by molar-refractivity contribution is -0.141. The molecule has 0 radical (unpaired) electrons. The molecule has 0 unspecified atom stereocenters. The Kier molecular flexibility index (Phi) is 7.38. The summed E-state index contributed by atoms with van der Waals surface area (Å²) in [6.45, 7) is 4.09. The fraction of sp³-hybridized carbons (Fsp3) is 0.818. The average molecular weight is 268 g/mol. The van der Waals surface area contributed by atoms with Gasteiger partial charge in [-0.15, -0.1) is 0 Å². The number of hydrogen-bond acceptors (Lipinski definition) is 2. The van der Waals surface area contributed by atoms with Crippen molar-refractivity contribution in [3.05, 3.63) is 0 Å². The van der Waals surface area contributed by atoms with Crippen molar-refractivity contribution in [3.8, 4) is 0 Å². The number of nitrogens with zero attached hydrogens (tertiary/aromatic N) is 1. The van der Waals surface area contributed by atoms with Gasteiger partial charge in [0.2, 0.25) is 11.8 Å². The number of hydrogen-bond donors (Lipinski definition) is 1. The minimum absolute atomic E-state index is 0.102. The Morgan fingerprint density at radius 2 is 1.83 bits per heavy atom. The molecular formula is C11H19F3N2O2. The van der Waals surface area contributed by atoms with Crippen molar-refractivity contribution in [1.29, 1.82) is 0 Å². The van der Waals surface area contributed by atoms with Crippen LogP contribution in [0.4, 0.5) is 13.2 Å². The zero-order valence-electron chi connectivity index (χ0n) is 10.6. The predicted octanol–water partition coefficient (Wildman–Crippen LogP) is 1.70. The summed E-state index contributed by atoms with van der Waals surface area (Å²) in [5.41, 5.74) is 0. The molecule has 7 heteroatoms. The van der Waals surface area contributed by atoms with Gasteiger partial charge in [-0.2, -0.15) is 13.2 Å². The van der Waals surface area contributed by atoms with Crippen molar-refractivity contribution in [2.75, 3.05) is 19.6 Å². The first kappa shape index (κ1) is 16.7. The molecule has 0 aromatic rings. The highest BCUT2D eigenvalue weighted by Gasteiger charge is 2.27. The van der Waals surface area contributed by atoms with Gasteiger partial charge in [0, 0.05) is 25.9 Å². The minimum atomic E-state index is -4.24. The molecule has 0 rings (SSSR count). The Balaban J connectivity index is 4.07. The maximum Gasteiger partial charge on any atom is 0.389 e. The highest BCUT2D eigenvalue weighted by molar-refractivity contribution is 5.84.